The first-order chi connectivity index (χ1) is 12.0. The van der Waals surface area contributed by atoms with E-state index in [-0.39, 0.29) is 16.7 Å². The minimum absolute atomic E-state index is 0.0321. The number of hydrogen-bond acceptors (Lipinski definition) is 9. The van der Waals surface area contributed by atoms with Crippen molar-refractivity contribution in [2.45, 2.75) is 5.97 Å². The molecule has 0 spiro atoms. The number of carboxylic acid groups (broad SMARTS) is 1. The second kappa shape index (κ2) is 8.16. The van der Waals surface area contributed by atoms with Gasteiger partial charge in [0.1, 0.15) is 0 Å². The van der Waals surface area contributed by atoms with E-state index < -0.39 is 35.2 Å². The molecular weight excluding hydrogens is 352 g/mol. The minimum Gasteiger partial charge on any atom is -0.504 e. The summed E-state index contributed by atoms with van der Waals surface area (Å²) in [6, 6.07) is 6.75. The fourth-order valence-electron chi connectivity index (χ4n) is 1.70. The number of carbonyl (C=O) groups is 2. The molecule has 0 bridgehead atoms. The lowest BCUT2D eigenvalue weighted by molar-refractivity contribution is -0.323. The normalized spacial score (nSPS) is 10.5. The molecule has 0 radical (unpaired) electrons. The molecule has 2 aromatic carbocycles. The van der Waals surface area contributed by atoms with Gasteiger partial charge in [-0.15, -0.1) is 0 Å². The number of aliphatic hydroxyl groups is 3. The zero-order valence-corrected chi connectivity index (χ0v) is 13.3. The molecule has 26 heavy (non-hydrogen) atoms. The van der Waals surface area contributed by atoms with Crippen LogP contribution in [0.1, 0.15) is 26.3 Å². The van der Waals surface area contributed by atoms with Crippen molar-refractivity contribution in [1.29, 1.82) is 0 Å². The summed E-state index contributed by atoms with van der Waals surface area (Å²) in [5.41, 5.74) is -0.443. The fraction of sp³-hybridized carbons (Fsp3) is 0.125. The van der Waals surface area contributed by atoms with Crippen molar-refractivity contribution in [2.75, 3.05) is 7.11 Å². The van der Waals surface area contributed by atoms with Gasteiger partial charge in [-0.2, -0.15) is 0 Å². The molecule has 0 saturated heterocycles. The summed E-state index contributed by atoms with van der Waals surface area (Å²) < 4.78 is 4.34. The monoisotopic (exact) mass is 368 g/mol. The number of benzene rings is 2. The average molecular weight is 368 g/mol. The van der Waals surface area contributed by atoms with Gasteiger partial charge in [-0.25, -0.2) is 9.59 Å². The van der Waals surface area contributed by atoms with Gasteiger partial charge in [-0.05, 0) is 24.3 Å². The van der Waals surface area contributed by atoms with Gasteiger partial charge in [-0.1, -0.05) is 12.1 Å². The van der Waals surface area contributed by atoms with Crippen LogP contribution >= 0.6 is 0 Å². The highest BCUT2D eigenvalue weighted by Crippen LogP contribution is 2.35. The molecule has 0 amide bonds. The largest absolute Gasteiger partial charge is 0.504 e. The number of phenolic OH excluding ortho intramolecular Hbond substituents is 3. The van der Waals surface area contributed by atoms with Gasteiger partial charge in [-0.3, -0.25) is 0 Å². The molecule has 7 N–H and O–H groups in total. The van der Waals surface area contributed by atoms with E-state index in [1.807, 2.05) is 0 Å². The van der Waals surface area contributed by atoms with Crippen LogP contribution in [0.15, 0.2) is 36.4 Å². The van der Waals surface area contributed by atoms with Gasteiger partial charge in [0.05, 0.1) is 18.2 Å². The Kier molecular flexibility index (Phi) is 6.50. The summed E-state index contributed by atoms with van der Waals surface area (Å²) in [4.78, 5) is 21.3. The molecule has 0 aliphatic carbocycles. The third kappa shape index (κ3) is 5.34. The summed E-state index contributed by atoms with van der Waals surface area (Å²) in [5, 5.41) is 61.6. The first-order valence-corrected chi connectivity index (χ1v) is 6.81. The maximum absolute atomic E-state index is 10.9. The van der Waals surface area contributed by atoms with Crippen LogP contribution in [0.2, 0.25) is 0 Å². The molecule has 0 aliphatic rings. The van der Waals surface area contributed by atoms with Crippen molar-refractivity contribution < 1.29 is 50.1 Å². The van der Waals surface area contributed by atoms with Crippen LogP contribution in [0.5, 0.6) is 17.2 Å². The Balaban J connectivity index is 0.000000260. The lowest BCUT2D eigenvalue weighted by Gasteiger charge is -2.14. The number of rotatable bonds is 3. The minimum atomic E-state index is -2.99. The van der Waals surface area contributed by atoms with E-state index in [1.54, 1.807) is 0 Å². The maximum atomic E-state index is 10.9. The van der Waals surface area contributed by atoms with Crippen molar-refractivity contribution in [3.05, 3.63) is 53.1 Å². The Labute approximate surface area is 146 Å². The van der Waals surface area contributed by atoms with E-state index >= 15 is 0 Å². The van der Waals surface area contributed by atoms with Crippen LogP contribution in [0.3, 0.4) is 0 Å². The molecular formula is C16H16O10. The van der Waals surface area contributed by atoms with Gasteiger partial charge in [0.2, 0.25) is 0 Å². The molecule has 10 heteroatoms. The number of carbonyl (C=O) groups excluding carboxylic acids is 1. The van der Waals surface area contributed by atoms with E-state index in [9.17, 15) is 9.59 Å². The van der Waals surface area contributed by atoms with Crippen LogP contribution < -0.4 is 0 Å². The van der Waals surface area contributed by atoms with Crippen molar-refractivity contribution in [1.82, 2.24) is 0 Å². The zero-order valence-electron chi connectivity index (χ0n) is 13.3. The van der Waals surface area contributed by atoms with E-state index in [2.05, 4.69) is 4.74 Å². The summed E-state index contributed by atoms with van der Waals surface area (Å²) in [7, 11) is 1.17. The number of esters is 1. The SMILES string of the molecule is COC(=O)c1cc(O)c(O)c(O)c1.O=C(O)c1cccc(C(O)(O)O)c1. The number of methoxy groups -OCH3 is 1. The first kappa shape index (κ1) is 20.7. The van der Waals surface area contributed by atoms with Gasteiger partial charge in [0.15, 0.2) is 17.2 Å². The molecule has 0 saturated carbocycles. The Morgan fingerprint density at radius 1 is 0.923 bits per heavy atom. The van der Waals surface area contributed by atoms with E-state index in [0.29, 0.717) is 0 Å². The van der Waals surface area contributed by atoms with Gasteiger partial charge in [0.25, 0.3) is 0 Å². The van der Waals surface area contributed by atoms with Crippen molar-refractivity contribution in [3.63, 3.8) is 0 Å². The number of phenols is 3. The smallest absolute Gasteiger partial charge is 0.338 e. The van der Waals surface area contributed by atoms with Crippen LogP contribution in [-0.4, -0.2) is 54.8 Å². The van der Waals surface area contributed by atoms with Gasteiger partial charge in [0, 0.05) is 5.56 Å². The lowest BCUT2D eigenvalue weighted by atomic mass is 10.1. The topological polar surface area (TPSA) is 185 Å². The van der Waals surface area contributed by atoms with Crippen LogP contribution in [0.25, 0.3) is 0 Å². The van der Waals surface area contributed by atoms with Crippen LogP contribution in [0.4, 0.5) is 0 Å². The molecule has 0 atom stereocenters. The average Bonchev–Trinajstić information content (AvgIpc) is 2.58. The molecule has 2 aromatic rings. The molecule has 140 valence electrons. The second-order valence-electron chi connectivity index (χ2n) is 4.88. The van der Waals surface area contributed by atoms with Crippen molar-refractivity contribution in [3.8, 4) is 17.2 Å². The van der Waals surface area contributed by atoms with E-state index in [1.165, 1.54) is 25.3 Å². The highest BCUT2D eigenvalue weighted by atomic mass is 16.7. The summed E-state index contributed by atoms with van der Waals surface area (Å²) in [5.74, 6) is -6.70. The standard InChI is InChI=1S/2C8H8O5/c1-13-8(12)4-2-5(9)7(11)6(10)3-4;9-7(10)5-2-1-3-6(4-5)8(11,12)13/h2-3,9-11H,1H3;1-4,11-13H,(H,9,10). The maximum Gasteiger partial charge on any atom is 0.338 e. The van der Waals surface area contributed by atoms with Crippen molar-refractivity contribution >= 4 is 11.9 Å². The third-order valence-corrected chi connectivity index (χ3v) is 2.99. The Bertz CT molecular complexity index is 784. The number of ether oxygens (including phenoxy) is 1. The Hall–Kier alpha value is -3.34. The molecule has 0 heterocycles. The van der Waals surface area contributed by atoms with E-state index in [0.717, 1.165) is 18.2 Å². The zero-order chi connectivity index (χ0) is 20.1. The summed E-state index contributed by atoms with van der Waals surface area (Å²) in [6.45, 7) is 0. The number of aromatic hydroxyl groups is 3. The molecule has 0 unspecified atom stereocenters. The second-order valence-corrected chi connectivity index (χ2v) is 4.88. The van der Waals surface area contributed by atoms with Crippen LogP contribution in [0, 0.1) is 0 Å². The summed E-state index contributed by atoms with van der Waals surface area (Å²) >= 11 is 0. The predicted molar refractivity (Wildman–Crippen MR) is 84.5 cm³/mol. The number of carboxylic acids is 1. The molecule has 0 fully saturated rings. The molecule has 2 rings (SSSR count). The fourth-order valence-corrected chi connectivity index (χ4v) is 1.70. The lowest BCUT2D eigenvalue weighted by Crippen LogP contribution is -2.24. The number of aromatic carboxylic acids is 1. The highest BCUT2D eigenvalue weighted by molar-refractivity contribution is 5.91. The number of hydrogen-bond donors (Lipinski definition) is 7. The highest BCUT2D eigenvalue weighted by Gasteiger charge is 2.22. The molecule has 10 nitrogen and oxygen atoms in total. The predicted octanol–water partition coefficient (Wildman–Crippen LogP) is 0.0620. The first-order valence-electron chi connectivity index (χ1n) is 6.81. The summed E-state index contributed by atoms with van der Waals surface area (Å²) in [6.07, 6.45) is 0. The van der Waals surface area contributed by atoms with Crippen LogP contribution in [-0.2, 0) is 10.7 Å². The van der Waals surface area contributed by atoms with Gasteiger partial charge >= 0.3 is 17.9 Å². The third-order valence-electron chi connectivity index (χ3n) is 2.99. The van der Waals surface area contributed by atoms with Crippen molar-refractivity contribution in [2.24, 2.45) is 0 Å². The molecule has 0 aromatic heterocycles. The van der Waals surface area contributed by atoms with E-state index in [4.69, 9.17) is 35.7 Å². The van der Waals surface area contributed by atoms with Gasteiger partial charge < -0.3 is 40.5 Å². The Morgan fingerprint density at radius 2 is 1.46 bits per heavy atom. The quantitative estimate of drug-likeness (QED) is 0.222. The Morgan fingerprint density at radius 3 is 1.88 bits per heavy atom. The molecule has 0 aliphatic heterocycles.